The lowest BCUT2D eigenvalue weighted by Gasteiger charge is -2.18. The fourth-order valence-electron chi connectivity index (χ4n) is 2.81. The molecule has 16 heavy (non-hydrogen) atoms. The summed E-state index contributed by atoms with van der Waals surface area (Å²) in [4.78, 5) is 0. The first-order valence-electron chi connectivity index (χ1n) is 6.65. The zero-order chi connectivity index (χ0) is 11.2. The lowest BCUT2D eigenvalue weighted by molar-refractivity contribution is 0.417. The summed E-state index contributed by atoms with van der Waals surface area (Å²) >= 11 is 1.81. The molecule has 0 amide bonds. The van der Waals surface area contributed by atoms with Gasteiger partial charge in [0.25, 0.3) is 0 Å². The van der Waals surface area contributed by atoms with Crippen molar-refractivity contribution in [2.45, 2.75) is 51.5 Å². The highest BCUT2D eigenvalue weighted by atomic mass is 32.1. The molecule has 0 saturated heterocycles. The standard InChI is InChI=1S/C14H23NS/c1-2-15-14(13-9-10-16-11-13)8-7-12-5-3-4-6-12/h9-12,14-15H,2-8H2,1H3. The molecule has 1 aromatic heterocycles. The molecule has 2 rings (SSSR count). The van der Waals surface area contributed by atoms with Gasteiger partial charge in [0, 0.05) is 6.04 Å². The average Bonchev–Trinajstić information content (AvgIpc) is 2.96. The van der Waals surface area contributed by atoms with Gasteiger partial charge in [-0.05, 0) is 47.7 Å². The lowest BCUT2D eigenvalue weighted by atomic mass is 9.96. The predicted molar refractivity (Wildman–Crippen MR) is 71.9 cm³/mol. The smallest absolute Gasteiger partial charge is 0.0328 e. The van der Waals surface area contributed by atoms with Gasteiger partial charge in [-0.25, -0.2) is 0 Å². The van der Waals surface area contributed by atoms with Gasteiger partial charge in [-0.15, -0.1) is 0 Å². The number of thiophene rings is 1. The van der Waals surface area contributed by atoms with E-state index in [-0.39, 0.29) is 0 Å². The summed E-state index contributed by atoms with van der Waals surface area (Å²) in [5.41, 5.74) is 1.49. The van der Waals surface area contributed by atoms with Crippen LogP contribution in [-0.2, 0) is 0 Å². The highest BCUT2D eigenvalue weighted by Gasteiger charge is 2.17. The van der Waals surface area contributed by atoms with E-state index in [9.17, 15) is 0 Å². The molecule has 2 heteroatoms. The van der Waals surface area contributed by atoms with Crippen molar-refractivity contribution < 1.29 is 0 Å². The molecule has 0 spiro atoms. The molecule has 0 aliphatic heterocycles. The quantitative estimate of drug-likeness (QED) is 0.774. The lowest BCUT2D eigenvalue weighted by Crippen LogP contribution is -2.21. The zero-order valence-corrected chi connectivity index (χ0v) is 11.1. The van der Waals surface area contributed by atoms with Crippen LogP contribution in [0.5, 0.6) is 0 Å². The second kappa shape index (κ2) is 6.41. The molecule has 0 bridgehead atoms. The Bertz CT molecular complexity index is 275. The molecule has 1 heterocycles. The highest BCUT2D eigenvalue weighted by molar-refractivity contribution is 7.07. The molecule has 0 radical (unpaired) electrons. The van der Waals surface area contributed by atoms with Crippen LogP contribution in [0.3, 0.4) is 0 Å². The van der Waals surface area contributed by atoms with Crippen molar-refractivity contribution in [2.75, 3.05) is 6.54 Å². The molecule has 1 nitrogen and oxygen atoms in total. The van der Waals surface area contributed by atoms with Gasteiger partial charge in [-0.1, -0.05) is 32.6 Å². The third-order valence-corrected chi connectivity index (χ3v) is 4.44. The van der Waals surface area contributed by atoms with Crippen molar-refractivity contribution in [3.05, 3.63) is 22.4 Å². The number of hydrogen-bond acceptors (Lipinski definition) is 2. The van der Waals surface area contributed by atoms with E-state index in [0.717, 1.165) is 12.5 Å². The van der Waals surface area contributed by atoms with E-state index < -0.39 is 0 Å². The molecule has 1 fully saturated rings. The van der Waals surface area contributed by atoms with Crippen LogP contribution in [0.25, 0.3) is 0 Å². The molecule has 1 saturated carbocycles. The second-order valence-electron chi connectivity index (χ2n) is 4.89. The van der Waals surface area contributed by atoms with Gasteiger partial charge >= 0.3 is 0 Å². The summed E-state index contributed by atoms with van der Waals surface area (Å²) in [5, 5.41) is 8.10. The van der Waals surface area contributed by atoms with Crippen LogP contribution in [0.15, 0.2) is 16.8 Å². The van der Waals surface area contributed by atoms with E-state index >= 15 is 0 Å². The molecule has 1 unspecified atom stereocenters. The number of nitrogens with one attached hydrogen (secondary N) is 1. The zero-order valence-electron chi connectivity index (χ0n) is 10.2. The Morgan fingerprint density at radius 2 is 2.25 bits per heavy atom. The van der Waals surface area contributed by atoms with Crippen LogP contribution in [0.1, 0.15) is 57.1 Å². The van der Waals surface area contributed by atoms with Crippen molar-refractivity contribution in [2.24, 2.45) is 5.92 Å². The molecule has 1 N–H and O–H groups in total. The van der Waals surface area contributed by atoms with Crippen molar-refractivity contribution in [3.8, 4) is 0 Å². The minimum Gasteiger partial charge on any atom is -0.310 e. The summed E-state index contributed by atoms with van der Waals surface area (Å²) in [6, 6.07) is 2.86. The Balaban J connectivity index is 1.82. The first kappa shape index (κ1) is 12.1. The van der Waals surface area contributed by atoms with Crippen molar-refractivity contribution in [3.63, 3.8) is 0 Å². The van der Waals surface area contributed by atoms with Crippen molar-refractivity contribution in [1.29, 1.82) is 0 Å². The van der Waals surface area contributed by atoms with Crippen LogP contribution in [0.2, 0.25) is 0 Å². The van der Waals surface area contributed by atoms with E-state index in [1.54, 1.807) is 0 Å². The molecular formula is C14H23NS. The number of rotatable bonds is 6. The number of hydrogen-bond donors (Lipinski definition) is 1. The Kier molecular flexibility index (Phi) is 4.86. The maximum atomic E-state index is 3.62. The highest BCUT2D eigenvalue weighted by Crippen LogP contribution is 2.31. The van der Waals surface area contributed by atoms with Crippen LogP contribution in [0, 0.1) is 5.92 Å². The van der Waals surface area contributed by atoms with Crippen molar-refractivity contribution in [1.82, 2.24) is 5.32 Å². The minimum atomic E-state index is 0.594. The van der Waals surface area contributed by atoms with E-state index in [1.807, 2.05) is 11.3 Å². The summed E-state index contributed by atoms with van der Waals surface area (Å²) < 4.78 is 0. The molecule has 0 aromatic carbocycles. The monoisotopic (exact) mass is 237 g/mol. The first-order chi connectivity index (χ1) is 7.90. The van der Waals surface area contributed by atoms with Crippen LogP contribution < -0.4 is 5.32 Å². The molecular weight excluding hydrogens is 214 g/mol. The summed E-state index contributed by atoms with van der Waals surface area (Å²) in [7, 11) is 0. The molecule has 1 atom stereocenters. The van der Waals surface area contributed by atoms with E-state index in [0.29, 0.717) is 6.04 Å². The van der Waals surface area contributed by atoms with Crippen LogP contribution in [-0.4, -0.2) is 6.54 Å². The maximum Gasteiger partial charge on any atom is 0.0328 e. The SMILES string of the molecule is CCNC(CCC1CCCC1)c1ccsc1. The van der Waals surface area contributed by atoms with Crippen LogP contribution in [0.4, 0.5) is 0 Å². The molecule has 1 aliphatic carbocycles. The Hall–Kier alpha value is -0.340. The second-order valence-corrected chi connectivity index (χ2v) is 5.67. The molecule has 1 aromatic rings. The maximum absolute atomic E-state index is 3.62. The van der Waals surface area contributed by atoms with Gasteiger partial charge < -0.3 is 5.32 Å². The van der Waals surface area contributed by atoms with Gasteiger partial charge in [0.2, 0.25) is 0 Å². The van der Waals surface area contributed by atoms with E-state index in [2.05, 4.69) is 29.1 Å². The summed E-state index contributed by atoms with van der Waals surface area (Å²) in [6.07, 6.45) is 8.61. The predicted octanol–water partition coefficient (Wildman–Crippen LogP) is 4.37. The third kappa shape index (κ3) is 3.33. The van der Waals surface area contributed by atoms with Crippen LogP contribution >= 0.6 is 11.3 Å². The fraction of sp³-hybridized carbons (Fsp3) is 0.714. The van der Waals surface area contributed by atoms with Gasteiger partial charge in [0.1, 0.15) is 0 Å². The first-order valence-corrected chi connectivity index (χ1v) is 7.60. The van der Waals surface area contributed by atoms with E-state index in [1.165, 1.54) is 44.1 Å². The Morgan fingerprint density at radius 3 is 2.88 bits per heavy atom. The van der Waals surface area contributed by atoms with E-state index in [4.69, 9.17) is 0 Å². The summed E-state index contributed by atoms with van der Waals surface area (Å²) in [5.74, 6) is 1.01. The summed E-state index contributed by atoms with van der Waals surface area (Å²) in [6.45, 7) is 3.28. The molecule has 1 aliphatic rings. The fourth-order valence-corrected chi connectivity index (χ4v) is 3.52. The normalized spacial score (nSPS) is 19.1. The van der Waals surface area contributed by atoms with Gasteiger partial charge in [-0.3, -0.25) is 0 Å². The van der Waals surface area contributed by atoms with Gasteiger partial charge in [-0.2, -0.15) is 11.3 Å². The minimum absolute atomic E-state index is 0.594. The third-order valence-electron chi connectivity index (χ3n) is 3.73. The Morgan fingerprint density at radius 1 is 1.44 bits per heavy atom. The topological polar surface area (TPSA) is 12.0 Å². The van der Waals surface area contributed by atoms with Crippen molar-refractivity contribution >= 4 is 11.3 Å². The molecule has 90 valence electrons. The Labute approximate surface area is 103 Å². The average molecular weight is 237 g/mol. The largest absolute Gasteiger partial charge is 0.310 e. The van der Waals surface area contributed by atoms with Gasteiger partial charge in [0.15, 0.2) is 0 Å². The van der Waals surface area contributed by atoms with Gasteiger partial charge in [0.05, 0.1) is 0 Å².